The second-order valence-corrected chi connectivity index (χ2v) is 6.40. The molecule has 0 atom stereocenters. The largest absolute Gasteiger partial charge is 0.444 e. The Hall–Kier alpha value is -0.770. The molecule has 0 bridgehead atoms. The molecule has 1 rings (SSSR count). The van der Waals surface area contributed by atoms with Crippen LogP contribution in [0.2, 0.25) is 0 Å². The van der Waals surface area contributed by atoms with E-state index in [1.807, 2.05) is 25.7 Å². The van der Waals surface area contributed by atoms with E-state index in [1.165, 1.54) is 25.7 Å². The minimum Gasteiger partial charge on any atom is -0.444 e. The highest BCUT2D eigenvalue weighted by molar-refractivity contribution is 5.68. The fourth-order valence-corrected chi connectivity index (χ4v) is 2.55. The maximum Gasteiger partial charge on any atom is 0.410 e. The highest BCUT2D eigenvalue weighted by Gasteiger charge is 2.28. The Kier molecular flexibility index (Phi) is 6.63. The molecule has 1 aliphatic carbocycles. The predicted octanol–water partition coefficient (Wildman–Crippen LogP) is 3.33. The number of nitrogens with zero attached hydrogens (tertiary/aromatic N) is 1. The van der Waals surface area contributed by atoms with Gasteiger partial charge in [0.15, 0.2) is 0 Å². The Morgan fingerprint density at radius 1 is 1.21 bits per heavy atom. The number of hydrogen-bond acceptors (Lipinski definition) is 3. The van der Waals surface area contributed by atoms with E-state index in [0.29, 0.717) is 13.0 Å². The molecule has 19 heavy (non-hydrogen) atoms. The van der Waals surface area contributed by atoms with Crippen LogP contribution in [0.15, 0.2) is 0 Å². The van der Waals surface area contributed by atoms with E-state index < -0.39 is 5.60 Å². The van der Waals surface area contributed by atoms with Gasteiger partial charge in [0.25, 0.3) is 0 Å². The summed E-state index contributed by atoms with van der Waals surface area (Å²) in [4.78, 5) is 14.1. The lowest BCUT2D eigenvalue weighted by molar-refractivity contribution is 0.0133. The van der Waals surface area contributed by atoms with Gasteiger partial charge in [-0.05, 0) is 40.0 Å². The van der Waals surface area contributed by atoms with Crippen LogP contribution in [0.4, 0.5) is 4.79 Å². The first-order valence-corrected chi connectivity index (χ1v) is 7.54. The number of aliphatic hydroxyl groups excluding tert-OH is 1. The van der Waals surface area contributed by atoms with Crippen LogP contribution in [-0.2, 0) is 4.74 Å². The molecule has 112 valence electrons. The maximum atomic E-state index is 12.3. The third kappa shape index (κ3) is 6.28. The van der Waals surface area contributed by atoms with Gasteiger partial charge in [0.05, 0.1) is 0 Å². The minimum atomic E-state index is -0.459. The van der Waals surface area contributed by atoms with E-state index >= 15 is 0 Å². The predicted molar refractivity (Wildman–Crippen MR) is 76.1 cm³/mol. The van der Waals surface area contributed by atoms with Crippen LogP contribution < -0.4 is 0 Å². The van der Waals surface area contributed by atoms with Crippen molar-refractivity contribution in [3.8, 4) is 0 Å². The summed E-state index contributed by atoms with van der Waals surface area (Å²) in [6.07, 6.45) is 7.40. The molecule has 0 radical (unpaired) electrons. The van der Waals surface area contributed by atoms with Gasteiger partial charge in [-0.3, -0.25) is 0 Å². The molecular weight excluding hydrogens is 242 g/mol. The molecule has 1 fully saturated rings. The van der Waals surface area contributed by atoms with Crippen LogP contribution in [0.5, 0.6) is 0 Å². The van der Waals surface area contributed by atoms with Crippen LogP contribution in [0, 0.1) is 0 Å². The molecule has 4 heteroatoms. The summed E-state index contributed by atoms with van der Waals surface area (Å²) < 4.78 is 5.50. The molecule has 0 spiro atoms. The van der Waals surface area contributed by atoms with Crippen molar-refractivity contribution in [1.29, 1.82) is 0 Å². The van der Waals surface area contributed by atoms with Crippen molar-refractivity contribution >= 4 is 6.09 Å². The normalized spacial score (nSPS) is 17.9. The average molecular weight is 271 g/mol. The van der Waals surface area contributed by atoms with Crippen LogP contribution >= 0.6 is 0 Å². The smallest absolute Gasteiger partial charge is 0.410 e. The summed E-state index contributed by atoms with van der Waals surface area (Å²) in [5.74, 6) is 0. The molecule has 1 N–H and O–H groups in total. The summed E-state index contributed by atoms with van der Waals surface area (Å²) in [5.41, 5.74) is -0.459. The van der Waals surface area contributed by atoms with Gasteiger partial charge in [0.2, 0.25) is 0 Å². The molecule has 0 aromatic rings. The lowest BCUT2D eigenvalue weighted by Gasteiger charge is -2.33. The minimum absolute atomic E-state index is 0.117. The summed E-state index contributed by atoms with van der Waals surface area (Å²) in [5, 5.41) is 9.00. The van der Waals surface area contributed by atoms with Gasteiger partial charge in [0, 0.05) is 19.2 Å². The molecule has 1 aliphatic rings. The van der Waals surface area contributed by atoms with Gasteiger partial charge >= 0.3 is 6.09 Å². The lowest BCUT2D eigenvalue weighted by Crippen LogP contribution is -2.44. The Morgan fingerprint density at radius 3 is 2.26 bits per heavy atom. The molecule has 0 aliphatic heterocycles. The lowest BCUT2D eigenvalue weighted by atomic mass is 10.1. The van der Waals surface area contributed by atoms with Crippen molar-refractivity contribution < 1.29 is 14.6 Å². The van der Waals surface area contributed by atoms with Crippen LogP contribution in [0.1, 0.15) is 65.7 Å². The van der Waals surface area contributed by atoms with Gasteiger partial charge in [-0.15, -0.1) is 0 Å². The number of hydrogen-bond donors (Lipinski definition) is 1. The zero-order chi connectivity index (χ0) is 14.3. The topological polar surface area (TPSA) is 49.8 Å². The number of amides is 1. The van der Waals surface area contributed by atoms with Crippen molar-refractivity contribution in [3.63, 3.8) is 0 Å². The number of carbonyl (C=O) groups excluding carboxylic acids is 1. The monoisotopic (exact) mass is 271 g/mol. The van der Waals surface area contributed by atoms with Crippen molar-refractivity contribution in [2.75, 3.05) is 13.2 Å². The van der Waals surface area contributed by atoms with Crippen molar-refractivity contribution in [2.24, 2.45) is 0 Å². The summed E-state index contributed by atoms with van der Waals surface area (Å²) in [7, 11) is 0. The second-order valence-electron chi connectivity index (χ2n) is 6.40. The first-order chi connectivity index (χ1) is 8.94. The zero-order valence-corrected chi connectivity index (χ0v) is 12.7. The quantitative estimate of drug-likeness (QED) is 0.798. The number of ether oxygens (including phenoxy) is 1. The Bertz CT molecular complexity index is 265. The summed E-state index contributed by atoms with van der Waals surface area (Å²) in [6, 6.07) is 0.281. The summed E-state index contributed by atoms with van der Waals surface area (Å²) in [6.45, 7) is 6.38. The Labute approximate surface area is 117 Å². The molecular formula is C15H29NO3. The fraction of sp³-hybridized carbons (Fsp3) is 0.933. The highest BCUT2D eigenvalue weighted by Crippen LogP contribution is 2.23. The molecule has 0 aromatic heterocycles. The van der Waals surface area contributed by atoms with E-state index in [-0.39, 0.29) is 18.7 Å². The standard InChI is InChI=1S/C15H29NO3/c1-15(2,3)19-14(18)16(11-8-12-17)13-9-6-4-5-7-10-13/h13,17H,4-12H2,1-3H3. The number of rotatable bonds is 4. The Balaban J connectivity index is 2.65. The SMILES string of the molecule is CC(C)(C)OC(=O)N(CCCO)C1CCCCCC1. The van der Waals surface area contributed by atoms with Gasteiger partial charge in [-0.2, -0.15) is 0 Å². The zero-order valence-electron chi connectivity index (χ0n) is 12.7. The first-order valence-electron chi connectivity index (χ1n) is 7.54. The van der Waals surface area contributed by atoms with Gasteiger partial charge < -0.3 is 14.7 Å². The second kappa shape index (κ2) is 7.73. The van der Waals surface area contributed by atoms with E-state index in [0.717, 1.165) is 12.8 Å². The average Bonchev–Trinajstić information content (AvgIpc) is 2.56. The third-order valence-electron chi connectivity index (χ3n) is 3.45. The van der Waals surface area contributed by atoms with Crippen molar-refractivity contribution in [1.82, 2.24) is 4.90 Å². The molecule has 1 saturated carbocycles. The van der Waals surface area contributed by atoms with E-state index in [4.69, 9.17) is 9.84 Å². The van der Waals surface area contributed by atoms with Crippen molar-refractivity contribution in [2.45, 2.75) is 77.4 Å². The fourth-order valence-electron chi connectivity index (χ4n) is 2.55. The molecule has 0 heterocycles. The van der Waals surface area contributed by atoms with E-state index in [9.17, 15) is 4.79 Å². The molecule has 1 amide bonds. The highest BCUT2D eigenvalue weighted by atomic mass is 16.6. The van der Waals surface area contributed by atoms with E-state index in [2.05, 4.69) is 0 Å². The van der Waals surface area contributed by atoms with E-state index in [1.54, 1.807) is 0 Å². The molecule has 0 unspecified atom stereocenters. The third-order valence-corrected chi connectivity index (χ3v) is 3.45. The van der Waals surface area contributed by atoms with Gasteiger partial charge in [0.1, 0.15) is 5.60 Å². The molecule has 0 saturated heterocycles. The Morgan fingerprint density at radius 2 is 1.79 bits per heavy atom. The van der Waals surface area contributed by atoms with Gasteiger partial charge in [-0.1, -0.05) is 25.7 Å². The van der Waals surface area contributed by atoms with Gasteiger partial charge in [-0.25, -0.2) is 4.79 Å². The molecule has 4 nitrogen and oxygen atoms in total. The van der Waals surface area contributed by atoms with Crippen LogP contribution in [0.25, 0.3) is 0 Å². The number of aliphatic hydroxyl groups is 1. The van der Waals surface area contributed by atoms with Crippen LogP contribution in [-0.4, -0.2) is 40.9 Å². The van der Waals surface area contributed by atoms with Crippen molar-refractivity contribution in [3.05, 3.63) is 0 Å². The molecule has 0 aromatic carbocycles. The summed E-state index contributed by atoms with van der Waals surface area (Å²) >= 11 is 0. The maximum absolute atomic E-state index is 12.3. The number of carbonyl (C=O) groups is 1. The first kappa shape index (κ1) is 16.3. The van der Waals surface area contributed by atoms with Crippen LogP contribution in [0.3, 0.4) is 0 Å².